The standard InChI is InChI=1S/C16H24O7/c17-6-10-12(19)13(20)14(21)15(22-10)23-16-3-7-1-8(4-16)11(18)9(2-7)5-16/h7-10,12-15,17,19-21H,1-6H2/t7?,8-,9+,10-,12-,13+,14-,15+,16?/m1/s1. The first-order chi connectivity index (χ1) is 10.9. The predicted octanol–water partition coefficient (Wildman–Crippen LogP) is -1.05. The van der Waals surface area contributed by atoms with Crippen LogP contribution >= 0.6 is 0 Å². The molecule has 7 heteroatoms. The van der Waals surface area contributed by atoms with Crippen LogP contribution in [0.2, 0.25) is 0 Å². The fourth-order valence-electron chi connectivity index (χ4n) is 5.23. The Morgan fingerprint density at radius 3 is 2.30 bits per heavy atom. The van der Waals surface area contributed by atoms with Gasteiger partial charge in [0.25, 0.3) is 0 Å². The molecule has 0 aromatic heterocycles. The van der Waals surface area contributed by atoms with Crippen molar-refractivity contribution in [3.05, 3.63) is 0 Å². The van der Waals surface area contributed by atoms with Crippen molar-refractivity contribution < 1.29 is 34.7 Å². The van der Waals surface area contributed by atoms with Gasteiger partial charge in [-0.05, 0) is 38.0 Å². The van der Waals surface area contributed by atoms with Gasteiger partial charge in [0.05, 0.1) is 12.2 Å². The summed E-state index contributed by atoms with van der Waals surface area (Å²) in [6.07, 6.45) is -2.30. The Morgan fingerprint density at radius 2 is 1.70 bits per heavy atom. The molecule has 5 aliphatic rings. The van der Waals surface area contributed by atoms with Gasteiger partial charge in [0.2, 0.25) is 0 Å². The normalized spacial score (nSPS) is 55.4. The zero-order chi connectivity index (χ0) is 16.4. The summed E-state index contributed by atoms with van der Waals surface area (Å²) in [6, 6.07) is 0. The Hall–Kier alpha value is -0.570. The monoisotopic (exact) mass is 328 g/mol. The molecule has 0 amide bonds. The third-order valence-electron chi connectivity index (χ3n) is 6.15. The molecule has 4 aliphatic carbocycles. The quantitative estimate of drug-likeness (QED) is 0.522. The van der Waals surface area contributed by atoms with E-state index in [9.17, 15) is 25.2 Å². The van der Waals surface area contributed by atoms with E-state index >= 15 is 0 Å². The lowest BCUT2D eigenvalue weighted by Gasteiger charge is -2.56. The molecule has 2 unspecified atom stereocenters. The molecule has 0 spiro atoms. The van der Waals surface area contributed by atoms with Crippen LogP contribution in [-0.2, 0) is 14.3 Å². The summed E-state index contributed by atoms with van der Waals surface area (Å²) in [7, 11) is 0. The van der Waals surface area contributed by atoms with Crippen LogP contribution in [0.1, 0.15) is 32.1 Å². The van der Waals surface area contributed by atoms with E-state index in [0.29, 0.717) is 24.5 Å². The second kappa shape index (κ2) is 5.47. The number of Topliss-reactive ketones (excluding diaryl/α,β-unsaturated/α-hetero) is 1. The van der Waals surface area contributed by atoms with Crippen molar-refractivity contribution in [2.45, 2.75) is 68.4 Å². The minimum atomic E-state index is -1.43. The first-order valence-corrected chi connectivity index (χ1v) is 8.44. The average Bonchev–Trinajstić information content (AvgIpc) is 2.52. The van der Waals surface area contributed by atoms with Gasteiger partial charge in [-0.1, -0.05) is 0 Å². The van der Waals surface area contributed by atoms with Gasteiger partial charge in [0, 0.05) is 11.8 Å². The molecule has 4 bridgehead atoms. The summed E-state index contributed by atoms with van der Waals surface area (Å²) in [5.41, 5.74) is -0.502. The van der Waals surface area contributed by atoms with Crippen LogP contribution in [0.5, 0.6) is 0 Å². The van der Waals surface area contributed by atoms with Crippen molar-refractivity contribution in [2.24, 2.45) is 17.8 Å². The van der Waals surface area contributed by atoms with Crippen LogP contribution in [0.15, 0.2) is 0 Å². The van der Waals surface area contributed by atoms with Crippen molar-refractivity contribution in [1.29, 1.82) is 0 Å². The highest BCUT2D eigenvalue weighted by Crippen LogP contribution is 2.56. The predicted molar refractivity (Wildman–Crippen MR) is 76.1 cm³/mol. The molecule has 23 heavy (non-hydrogen) atoms. The van der Waals surface area contributed by atoms with Crippen molar-refractivity contribution >= 4 is 5.78 Å². The largest absolute Gasteiger partial charge is 0.394 e. The third kappa shape index (κ3) is 2.45. The molecule has 1 aliphatic heterocycles. The lowest BCUT2D eigenvalue weighted by Crippen LogP contribution is -2.63. The molecule has 7 nitrogen and oxygen atoms in total. The maximum absolute atomic E-state index is 12.2. The van der Waals surface area contributed by atoms with Gasteiger partial charge in [0.1, 0.15) is 30.2 Å². The zero-order valence-electron chi connectivity index (χ0n) is 12.9. The maximum atomic E-state index is 12.2. The Labute approximate surface area is 134 Å². The average molecular weight is 328 g/mol. The Bertz CT molecular complexity index is 475. The van der Waals surface area contributed by atoms with E-state index in [0.717, 1.165) is 19.3 Å². The van der Waals surface area contributed by atoms with Crippen LogP contribution < -0.4 is 0 Å². The molecule has 4 saturated carbocycles. The van der Waals surface area contributed by atoms with E-state index in [1.165, 1.54) is 0 Å². The molecule has 0 aromatic rings. The van der Waals surface area contributed by atoms with Crippen LogP contribution in [0.4, 0.5) is 0 Å². The second-order valence-corrected chi connectivity index (χ2v) is 7.74. The number of aliphatic hydroxyl groups excluding tert-OH is 4. The van der Waals surface area contributed by atoms with Gasteiger partial charge in [-0.3, -0.25) is 4.79 Å². The lowest BCUT2D eigenvalue weighted by atomic mass is 9.53. The van der Waals surface area contributed by atoms with E-state index < -0.39 is 42.9 Å². The summed E-state index contributed by atoms with van der Waals surface area (Å²) >= 11 is 0. The Morgan fingerprint density at radius 1 is 1.04 bits per heavy atom. The van der Waals surface area contributed by atoms with E-state index in [2.05, 4.69) is 0 Å². The molecule has 5 fully saturated rings. The van der Waals surface area contributed by atoms with Gasteiger partial charge < -0.3 is 29.9 Å². The van der Waals surface area contributed by atoms with Crippen LogP contribution in [0.3, 0.4) is 0 Å². The molecule has 0 radical (unpaired) electrons. The van der Waals surface area contributed by atoms with E-state index in [-0.39, 0.29) is 11.8 Å². The number of carbonyl (C=O) groups is 1. The second-order valence-electron chi connectivity index (χ2n) is 7.74. The molecule has 130 valence electrons. The van der Waals surface area contributed by atoms with Crippen molar-refractivity contribution in [1.82, 2.24) is 0 Å². The van der Waals surface area contributed by atoms with E-state index in [1.54, 1.807) is 0 Å². The summed E-state index contributed by atoms with van der Waals surface area (Å²) in [4.78, 5) is 12.2. The number of ether oxygens (including phenoxy) is 2. The SMILES string of the molecule is O=C1[C@@H]2CC3C[C@H]1CC(O[C@@H]1O[C@H](CO)[C@@H](O)[C@H](O)[C@H]1O)(C3)C2. The van der Waals surface area contributed by atoms with Gasteiger partial charge >= 0.3 is 0 Å². The Balaban J connectivity index is 1.52. The third-order valence-corrected chi connectivity index (χ3v) is 6.15. The molecule has 5 rings (SSSR count). The molecule has 1 heterocycles. The van der Waals surface area contributed by atoms with E-state index in [4.69, 9.17) is 9.47 Å². The number of rotatable bonds is 3. The summed E-state index contributed by atoms with van der Waals surface area (Å²) < 4.78 is 11.6. The highest BCUT2D eigenvalue weighted by molar-refractivity contribution is 5.85. The number of carbonyl (C=O) groups excluding carboxylic acids is 1. The van der Waals surface area contributed by atoms with Crippen LogP contribution in [-0.4, -0.2) is 69.1 Å². The number of hydrogen-bond acceptors (Lipinski definition) is 7. The number of hydrogen-bond donors (Lipinski definition) is 4. The molecular formula is C16H24O7. The van der Waals surface area contributed by atoms with Crippen molar-refractivity contribution in [2.75, 3.05) is 6.61 Å². The number of aliphatic hydroxyl groups is 4. The molecule has 9 atom stereocenters. The zero-order valence-corrected chi connectivity index (χ0v) is 12.9. The van der Waals surface area contributed by atoms with Crippen LogP contribution in [0.25, 0.3) is 0 Å². The fourth-order valence-corrected chi connectivity index (χ4v) is 5.23. The summed E-state index contributed by atoms with van der Waals surface area (Å²) in [6.45, 7) is -0.468. The molecule has 1 saturated heterocycles. The fraction of sp³-hybridized carbons (Fsp3) is 0.938. The summed E-state index contributed by atoms with van der Waals surface area (Å²) in [5, 5.41) is 39.2. The van der Waals surface area contributed by atoms with Gasteiger partial charge in [-0.2, -0.15) is 0 Å². The first kappa shape index (κ1) is 15.9. The smallest absolute Gasteiger partial charge is 0.187 e. The first-order valence-electron chi connectivity index (χ1n) is 8.44. The number of ketones is 1. The minimum Gasteiger partial charge on any atom is -0.394 e. The van der Waals surface area contributed by atoms with Crippen molar-refractivity contribution in [3.8, 4) is 0 Å². The maximum Gasteiger partial charge on any atom is 0.187 e. The Kier molecular flexibility index (Phi) is 3.79. The van der Waals surface area contributed by atoms with E-state index in [1.807, 2.05) is 0 Å². The minimum absolute atomic E-state index is 0.0335. The molecule has 0 aromatic carbocycles. The van der Waals surface area contributed by atoms with Crippen LogP contribution in [0, 0.1) is 17.8 Å². The molecular weight excluding hydrogens is 304 g/mol. The van der Waals surface area contributed by atoms with Gasteiger partial charge in [0.15, 0.2) is 6.29 Å². The highest BCUT2D eigenvalue weighted by Gasteiger charge is 2.58. The van der Waals surface area contributed by atoms with Gasteiger partial charge in [-0.25, -0.2) is 0 Å². The highest BCUT2D eigenvalue weighted by atomic mass is 16.7. The molecule has 4 N–H and O–H groups in total. The van der Waals surface area contributed by atoms with Crippen molar-refractivity contribution in [3.63, 3.8) is 0 Å². The topological polar surface area (TPSA) is 116 Å². The lowest BCUT2D eigenvalue weighted by molar-refractivity contribution is -0.339. The van der Waals surface area contributed by atoms with Gasteiger partial charge in [-0.15, -0.1) is 0 Å². The summed E-state index contributed by atoms with van der Waals surface area (Å²) in [5.74, 6) is 0.876.